The number of nitrogens with two attached hydrogens (primary N) is 1. The number of hydrogen-bond donors (Lipinski definition) is 3. The van der Waals surface area contributed by atoms with Crippen LogP contribution in [0.25, 0.3) is 5.95 Å². The van der Waals surface area contributed by atoms with Gasteiger partial charge in [-0.1, -0.05) is 0 Å². The van der Waals surface area contributed by atoms with E-state index in [9.17, 15) is 0 Å². The highest BCUT2D eigenvalue weighted by Gasteiger charge is 2.41. The Labute approximate surface area is 119 Å². The van der Waals surface area contributed by atoms with Crippen molar-refractivity contribution in [2.24, 2.45) is 5.84 Å². The van der Waals surface area contributed by atoms with Crippen LogP contribution in [-0.2, 0) is 0 Å². The first kappa shape index (κ1) is 13.1. The first-order valence-corrected chi connectivity index (χ1v) is 7.34. The van der Waals surface area contributed by atoms with Crippen molar-refractivity contribution in [2.45, 2.75) is 17.6 Å². The molecule has 1 fully saturated rings. The Morgan fingerprint density at radius 1 is 1.35 bits per heavy atom. The molecule has 2 aromatic rings. The molecule has 0 amide bonds. The fraction of sp³-hybridized carbons (Fsp3) is 0.500. The third kappa shape index (κ3) is 2.65. The topological polar surface area (TPSA) is 119 Å². The van der Waals surface area contributed by atoms with E-state index in [-0.39, 0.29) is 5.95 Å². The van der Waals surface area contributed by atoms with Crippen LogP contribution in [0.1, 0.15) is 12.8 Å². The van der Waals surface area contributed by atoms with Gasteiger partial charge in [0.1, 0.15) is 12.7 Å². The normalized spacial score (nSPS) is 15.9. The molecule has 1 aliphatic rings. The lowest BCUT2D eigenvalue weighted by Gasteiger charge is -2.13. The van der Waals surface area contributed by atoms with Gasteiger partial charge in [-0.2, -0.15) is 36.5 Å². The average molecular weight is 293 g/mol. The fourth-order valence-electron chi connectivity index (χ4n) is 1.75. The van der Waals surface area contributed by atoms with Gasteiger partial charge < -0.3 is 5.32 Å². The molecule has 0 atom stereocenters. The van der Waals surface area contributed by atoms with Crippen molar-refractivity contribution < 1.29 is 0 Å². The predicted octanol–water partition coefficient (Wildman–Crippen LogP) is 0.0454. The highest BCUT2D eigenvalue weighted by Crippen LogP contribution is 2.46. The van der Waals surface area contributed by atoms with E-state index < -0.39 is 0 Å². The summed E-state index contributed by atoms with van der Waals surface area (Å²) in [6.07, 6.45) is 7.48. The molecule has 10 heteroatoms. The van der Waals surface area contributed by atoms with Crippen molar-refractivity contribution in [2.75, 3.05) is 23.5 Å². The number of aromatic nitrogens is 6. The number of hydrogen-bond acceptors (Lipinski definition) is 9. The first-order valence-electron chi connectivity index (χ1n) is 6.11. The number of hydrazine groups is 1. The molecule has 1 aliphatic carbocycles. The van der Waals surface area contributed by atoms with E-state index >= 15 is 0 Å². The molecule has 0 spiro atoms. The Morgan fingerprint density at radius 3 is 2.75 bits per heavy atom. The summed E-state index contributed by atoms with van der Waals surface area (Å²) in [5.41, 5.74) is 2.43. The number of nitrogens with zero attached hydrogens (tertiary/aromatic N) is 6. The molecule has 0 aliphatic heterocycles. The summed E-state index contributed by atoms with van der Waals surface area (Å²) in [5.74, 6) is 6.50. The van der Waals surface area contributed by atoms with Crippen LogP contribution in [-0.4, -0.2) is 47.3 Å². The Bertz CT molecular complexity index is 580. The molecule has 106 valence electrons. The van der Waals surface area contributed by atoms with Gasteiger partial charge in [0.25, 0.3) is 5.95 Å². The van der Waals surface area contributed by atoms with Gasteiger partial charge in [-0.15, -0.1) is 0 Å². The minimum absolute atomic E-state index is 0.280. The molecular formula is C10H15N9S. The van der Waals surface area contributed by atoms with Crippen LogP contribution in [0.4, 0.5) is 11.9 Å². The molecule has 0 aromatic carbocycles. The Balaban J connectivity index is 1.81. The molecule has 3 rings (SSSR count). The average Bonchev–Trinajstić information content (AvgIpc) is 3.06. The van der Waals surface area contributed by atoms with Crippen LogP contribution in [0.2, 0.25) is 0 Å². The molecule has 20 heavy (non-hydrogen) atoms. The second-order valence-corrected chi connectivity index (χ2v) is 5.78. The van der Waals surface area contributed by atoms with E-state index in [0.717, 1.165) is 6.54 Å². The largest absolute Gasteiger partial charge is 0.353 e. The third-order valence-corrected chi connectivity index (χ3v) is 4.60. The zero-order chi connectivity index (χ0) is 14.0. The summed E-state index contributed by atoms with van der Waals surface area (Å²) < 4.78 is 1.77. The van der Waals surface area contributed by atoms with Crippen molar-refractivity contribution >= 4 is 23.7 Å². The lowest BCUT2D eigenvalue weighted by molar-refractivity contribution is 0.792. The van der Waals surface area contributed by atoms with E-state index in [4.69, 9.17) is 5.84 Å². The number of thioether (sulfide) groups is 1. The molecule has 0 bridgehead atoms. The predicted molar refractivity (Wildman–Crippen MR) is 76.5 cm³/mol. The molecule has 4 N–H and O–H groups in total. The van der Waals surface area contributed by atoms with Crippen molar-refractivity contribution in [3.63, 3.8) is 0 Å². The molecule has 2 aromatic heterocycles. The maximum absolute atomic E-state index is 5.38. The second-order valence-electron chi connectivity index (χ2n) is 4.51. The van der Waals surface area contributed by atoms with Crippen molar-refractivity contribution in [1.29, 1.82) is 0 Å². The van der Waals surface area contributed by atoms with Gasteiger partial charge >= 0.3 is 0 Å². The highest BCUT2D eigenvalue weighted by molar-refractivity contribution is 8.00. The summed E-state index contributed by atoms with van der Waals surface area (Å²) in [4.78, 5) is 16.5. The number of nitrogens with one attached hydrogen (secondary N) is 2. The number of anilines is 2. The minimum Gasteiger partial charge on any atom is -0.353 e. The molecule has 9 nitrogen and oxygen atoms in total. The van der Waals surface area contributed by atoms with Crippen molar-refractivity contribution in [1.82, 2.24) is 29.7 Å². The SMILES string of the molecule is CSC1(CNc2nc(NN)nc(-n3cncn3)n2)CC1. The standard InChI is InChI=1S/C10H15N9S/c1-20-10(2-3-10)4-13-7-15-8(18-11)17-9(16-7)19-6-12-5-14-19/h5-6H,2-4,11H2,1H3,(H2,13,15,16,17,18). The maximum Gasteiger partial charge on any atom is 0.258 e. The maximum atomic E-state index is 5.38. The summed E-state index contributed by atoms with van der Waals surface area (Å²) in [6.45, 7) is 0.818. The van der Waals surface area contributed by atoms with Gasteiger partial charge in [0.2, 0.25) is 11.9 Å². The number of rotatable bonds is 6. The van der Waals surface area contributed by atoms with Crippen LogP contribution in [0.5, 0.6) is 0 Å². The van der Waals surface area contributed by atoms with E-state index in [1.807, 2.05) is 11.8 Å². The van der Waals surface area contributed by atoms with Crippen molar-refractivity contribution in [3.05, 3.63) is 12.7 Å². The van der Waals surface area contributed by atoms with E-state index in [2.05, 4.69) is 42.0 Å². The number of nitrogen functional groups attached to an aromatic ring is 1. The van der Waals surface area contributed by atoms with Crippen LogP contribution in [0.3, 0.4) is 0 Å². The Morgan fingerprint density at radius 2 is 2.15 bits per heavy atom. The van der Waals surface area contributed by atoms with Gasteiger partial charge in [0.15, 0.2) is 0 Å². The van der Waals surface area contributed by atoms with Crippen LogP contribution >= 0.6 is 11.8 Å². The summed E-state index contributed by atoms with van der Waals surface area (Å²) in [7, 11) is 0. The first-order chi connectivity index (χ1) is 9.74. The van der Waals surface area contributed by atoms with Gasteiger partial charge in [-0.05, 0) is 19.1 Å². The molecule has 0 unspecified atom stereocenters. The zero-order valence-corrected chi connectivity index (χ0v) is 11.8. The zero-order valence-electron chi connectivity index (χ0n) is 10.9. The molecule has 1 saturated carbocycles. The Hall–Kier alpha value is -1.94. The summed E-state index contributed by atoms with van der Waals surface area (Å²) >= 11 is 1.87. The second kappa shape index (κ2) is 5.21. The van der Waals surface area contributed by atoms with E-state index in [0.29, 0.717) is 16.6 Å². The minimum atomic E-state index is 0.280. The summed E-state index contributed by atoms with van der Waals surface area (Å²) in [6, 6.07) is 0. The van der Waals surface area contributed by atoms with E-state index in [1.165, 1.54) is 30.2 Å². The van der Waals surface area contributed by atoms with Crippen LogP contribution in [0, 0.1) is 0 Å². The molecular weight excluding hydrogens is 278 g/mol. The highest BCUT2D eigenvalue weighted by atomic mass is 32.2. The van der Waals surface area contributed by atoms with Gasteiger partial charge in [0, 0.05) is 11.3 Å². The molecule has 0 radical (unpaired) electrons. The van der Waals surface area contributed by atoms with Crippen LogP contribution < -0.4 is 16.6 Å². The molecule has 0 saturated heterocycles. The molecule has 2 heterocycles. The third-order valence-electron chi connectivity index (χ3n) is 3.19. The fourth-order valence-corrected chi connectivity index (χ4v) is 2.48. The lowest BCUT2D eigenvalue weighted by Crippen LogP contribution is -2.21. The lowest BCUT2D eigenvalue weighted by atomic mass is 10.4. The van der Waals surface area contributed by atoms with Gasteiger partial charge in [-0.25, -0.2) is 10.8 Å². The summed E-state index contributed by atoms with van der Waals surface area (Å²) in [5, 5.41) is 7.23. The van der Waals surface area contributed by atoms with Gasteiger partial charge in [0.05, 0.1) is 0 Å². The van der Waals surface area contributed by atoms with Crippen LogP contribution in [0.15, 0.2) is 12.7 Å². The quantitative estimate of drug-likeness (QED) is 0.501. The van der Waals surface area contributed by atoms with E-state index in [1.54, 1.807) is 0 Å². The van der Waals surface area contributed by atoms with Gasteiger partial charge in [-0.3, -0.25) is 5.43 Å². The Kier molecular flexibility index (Phi) is 3.40. The smallest absolute Gasteiger partial charge is 0.258 e. The van der Waals surface area contributed by atoms with Crippen molar-refractivity contribution in [3.8, 4) is 5.95 Å². The monoisotopic (exact) mass is 293 g/mol.